The number of allylic oxidation sites excluding steroid dienone is 1. The number of carbonyl (C=O) groups is 1. The van der Waals surface area contributed by atoms with Crippen LogP contribution in [-0.4, -0.2) is 12.3 Å². The molecule has 0 heterocycles. The van der Waals surface area contributed by atoms with Crippen LogP contribution < -0.4 is 5.32 Å². The van der Waals surface area contributed by atoms with Crippen LogP contribution in [-0.2, 0) is 4.79 Å². The van der Waals surface area contributed by atoms with Crippen molar-refractivity contribution in [1.29, 1.82) is 0 Å². The summed E-state index contributed by atoms with van der Waals surface area (Å²) >= 11 is 0. The van der Waals surface area contributed by atoms with Crippen molar-refractivity contribution in [3.05, 3.63) is 12.3 Å². The summed E-state index contributed by atoms with van der Waals surface area (Å²) in [6.07, 6.45) is 8.15. The van der Waals surface area contributed by atoms with E-state index in [2.05, 4.69) is 18.8 Å². The van der Waals surface area contributed by atoms with Gasteiger partial charge in [0.15, 0.2) is 0 Å². The molecule has 0 aliphatic rings. The zero-order chi connectivity index (χ0) is 13.1. The number of carbonyl (C=O) groups excluding carboxylic acids is 1. The third-order valence-electron chi connectivity index (χ3n) is 3.22. The number of hydrogen-bond donors (Lipinski definition) is 1. The molecule has 0 aromatic heterocycles. The lowest BCUT2D eigenvalue weighted by atomic mass is 10.0. The predicted molar refractivity (Wildman–Crippen MR) is 75.0 cm³/mol. The third kappa shape index (κ3) is 10.1. The first-order valence-corrected chi connectivity index (χ1v) is 7.00. The summed E-state index contributed by atoms with van der Waals surface area (Å²) < 4.78 is 0. The zero-order valence-electron chi connectivity index (χ0n) is 11.8. The van der Waals surface area contributed by atoms with E-state index in [1.165, 1.54) is 19.3 Å². The van der Waals surface area contributed by atoms with Gasteiger partial charge in [0, 0.05) is 18.2 Å². The second-order valence-electron chi connectivity index (χ2n) is 4.99. The average molecular weight is 239 g/mol. The van der Waals surface area contributed by atoms with E-state index in [1.54, 1.807) is 6.92 Å². The topological polar surface area (TPSA) is 29.1 Å². The van der Waals surface area contributed by atoms with E-state index in [1.807, 2.05) is 6.92 Å². The molecule has 0 spiro atoms. The monoisotopic (exact) mass is 239 g/mol. The highest BCUT2D eigenvalue weighted by Crippen LogP contribution is 2.09. The van der Waals surface area contributed by atoms with E-state index >= 15 is 0 Å². The fourth-order valence-electron chi connectivity index (χ4n) is 1.72. The molecule has 0 rings (SSSR count). The van der Waals surface area contributed by atoms with Gasteiger partial charge in [0.2, 0.25) is 0 Å². The number of hydrogen-bond acceptors (Lipinski definition) is 2. The fraction of sp³-hybridized carbons (Fsp3) is 0.800. The molecule has 2 nitrogen and oxygen atoms in total. The van der Waals surface area contributed by atoms with Gasteiger partial charge < -0.3 is 5.32 Å². The maximum absolute atomic E-state index is 11.0. The largest absolute Gasteiger partial charge is 0.389 e. The van der Waals surface area contributed by atoms with Crippen molar-refractivity contribution < 1.29 is 4.79 Å². The van der Waals surface area contributed by atoms with Crippen LogP contribution in [0.2, 0.25) is 0 Å². The first-order chi connectivity index (χ1) is 8.07. The molecule has 0 amide bonds. The second kappa shape index (κ2) is 10.4. The molecule has 100 valence electrons. The predicted octanol–water partition coefficient (Wildman–Crippen LogP) is 4.07. The third-order valence-corrected chi connectivity index (χ3v) is 3.22. The van der Waals surface area contributed by atoms with E-state index in [0.717, 1.165) is 37.9 Å². The molecule has 0 saturated carbocycles. The van der Waals surface area contributed by atoms with Crippen LogP contribution >= 0.6 is 0 Å². The molecule has 0 aromatic carbocycles. The van der Waals surface area contributed by atoms with Crippen LogP contribution in [0.5, 0.6) is 0 Å². The first kappa shape index (κ1) is 16.2. The van der Waals surface area contributed by atoms with Crippen molar-refractivity contribution in [1.82, 2.24) is 5.32 Å². The smallest absolute Gasteiger partial charge is 0.132 e. The molecule has 1 N–H and O–H groups in total. The van der Waals surface area contributed by atoms with Crippen LogP contribution in [0.3, 0.4) is 0 Å². The van der Waals surface area contributed by atoms with Crippen LogP contribution in [0.4, 0.5) is 0 Å². The second-order valence-corrected chi connectivity index (χ2v) is 4.99. The van der Waals surface area contributed by atoms with Gasteiger partial charge in [0.25, 0.3) is 0 Å². The number of ketones is 1. The molecule has 1 atom stereocenters. The van der Waals surface area contributed by atoms with Gasteiger partial charge in [-0.2, -0.15) is 0 Å². The Balaban J connectivity index is 3.33. The number of unbranched alkanes of at least 4 members (excludes halogenated alkanes) is 3. The molecule has 0 bridgehead atoms. The Labute approximate surface area is 107 Å². The lowest BCUT2D eigenvalue weighted by Crippen LogP contribution is -2.14. The molecular weight excluding hydrogens is 210 g/mol. The van der Waals surface area contributed by atoms with Gasteiger partial charge >= 0.3 is 0 Å². The zero-order valence-corrected chi connectivity index (χ0v) is 11.8. The van der Waals surface area contributed by atoms with Crippen LogP contribution in [0.25, 0.3) is 0 Å². The van der Waals surface area contributed by atoms with E-state index in [-0.39, 0.29) is 5.92 Å². The maximum atomic E-state index is 11.0. The lowest BCUT2D eigenvalue weighted by Gasteiger charge is -2.10. The molecule has 0 aromatic rings. The summed E-state index contributed by atoms with van der Waals surface area (Å²) in [6.45, 7) is 10.9. The minimum atomic E-state index is 0.225. The van der Waals surface area contributed by atoms with E-state index in [0.29, 0.717) is 5.78 Å². The minimum absolute atomic E-state index is 0.225. The molecule has 1 unspecified atom stereocenters. The molecule has 0 saturated heterocycles. The summed E-state index contributed by atoms with van der Waals surface area (Å²) in [4.78, 5) is 11.0. The lowest BCUT2D eigenvalue weighted by molar-refractivity contribution is -0.120. The van der Waals surface area contributed by atoms with Gasteiger partial charge in [-0.3, -0.25) is 4.79 Å². The van der Waals surface area contributed by atoms with Crippen molar-refractivity contribution in [2.24, 2.45) is 5.92 Å². The van der Waals surface area contributed by atoms with Gasteiger partial charge in [0.05, 0.1) is 0 Å². The van der Waals surface area contributed by atoms with Crippen LogP contribution in [0.1, 0.15) is 65.7 Å². The molecule has 0 aliphatic carbocycles. The highest BCUT2D eigenvalue weighted by atomic mass is 16.1. The van der Waals surface area contributed by atoms with Crippen molar-refractivity contribution >= 4 is 5.78 Å². The Kier molecular flexibility index (Phi) is 9.89. The van der Waals surface area contributed by atoms with Gasteiger partial charge in [0.1, 0.15) is 5.78 Å². The summed E-state index contributed by atoms with van der Waals surface area (Å²) in [7, 11) is 0. The normalized spacial score (nSPS) is 12.2. The summed E-state index contributed by atoms with van der Waals surface area (Å²) in [5.41, 5.74) is 1.16. The quantitative estimate of drug-likeness (QED) is 0.551. The van der Waals surface area contributed by atoms with E-state index < -0.39 is 0 Å². The molecule has 0 aliphatic heterocycles. The van der Waals surface area contributed by atoms with Crippen LogP contribution in [0.15, 0.2) is 12.3 Å². The maximum Gasteiger partial charge on any atom is 0.132 e. The minimum Gasteiger partial charge on any atom is -0.389 e. The van der Waals surface area contributed by atoms with Crippen molar-refractivity contribution in [3.8, 4) is 0 Å². The molecule has 0 fully saturated rings. The Bertz CT molecular complexity index is 223. The number of rotatable bonds is 11. The standard InChI is InChI=1S/C15H29NO/c1-5-6-7-11-14(3)16-12-9-8-10-13(2)15(4)17/h13,16H,3,5-12H2,1-2,4H3. The highest BCUT2D eigenvalue weighted by Gasteiger charge is 2.06. The molecule has 17 heavy (non-hydrogen) atoms. The summed E-state index contributed by atoms with van der Waals surface area (Å²) in [5.74, 6) is 0.532. The van der Waals surface area contributed by atoms with Crippen molar-refractivity contribution in [2.75, 3.05) is 6.54 Å². The Morgan fingerprint density at radius 2 is 1.94 bits per heavy atom. The number of nitrogens with one attached hydrogen (secondary N) is 1. The van der Waals surface area contributed by atoms with Crippen molar-refractivity contribution in [3.63, 3.8) is 0 Å². The Morgan fingerprint density at radius 1 is 1.24 bits per heavy atom. The van der Waals surface area contributed by atoms with Crippen LogP contribution in [0, 0.1) is 5.92 Å². The summed E-state index contributed by atoms with van der Waals surface area (Å²) in [6, 6.07) is 0. The molecule has 2 heteroatoms. The number of Topliss-reactive ketones (excluding diaryl/α,β-unsaturated/α-hetero) is 1. The van der Waals surface area contributed by atoms with Gasteiger partial charge in [-0.05, 0) is 32.6 Å². The van der Waals surface area contributed by atoms with Gasteiger partial charge in [-0.25, -0.2) is 0 Å². The first-order valence-electron chi connectivity index (χ1n) is 7.00. The van der Waals surface area contributed by atoms with E-state index in [4.69, 9.17) is 0 Å². The SMILES string of the molecule is C=C(CCCCC)NCCCCC(C)C(C)=O. The Hall–Kier alpha value is -0.790. The molecule has 0 radical (unpaired) electrons. The van der Waals surface area contributed by atoms with Gasteiger partial charge in [-0.1, -0.05) is 39.7 Å². The Morgan fingerprint density at radius 3 is 2.53 bits per heavy atom. The fourth-order valence-corrected chi connectivity index (χ4v) is 1.72. The van der Waals surface area contributed by atoms with Gasteiger partial charge in [-0.15, -0.1) is 0 Å². The summed E-state index contributed by atoms with van der Waals surface area (Å²) in [5, 5.41) is 3.37. The van der Waals surface area contributed by atoms with E-state index in [9.17, 15) is 4.79 Å². The highest BCUT2D eigenvalue weighted by molar-refractivity contribution is 5.77. The van der Waals surface area contributed by atoms with Crippen molar-refractivity contribution in [2.45, 2.75) is 65.7 Å². The average Bonchev–Trinajstić information content (AvgIpc) is 2.28. The molecular formula is C15H29NO.